The van der Waals surface area contributed by atoms with Gasteiger partial charge in [0.05, 0.1) is 12.8 Å². The van der Waals surface area contributed by atoms with Crippen molar-refractivity contribution in [1.82, 2.24) is 0 Å². The van der Waals surface area contributed by atoms with Gasteiger partial charge in [-0.2, -0.15) is 23.4 Å². The van der Waals surface area contributed by atoms with E-state index in [2.05, 4.69) is 15.0 Å². The molecule has 0 aliphatic rings. The Labute approximate surface area is 106 Å². The Balaban J connectivity index is 2.93. The molecule has 0 unspecified atom stereocenters. The second-order valence-electron chi connectivity index (χ2n) is 3.51. The highest BCUT2D eigenvalue weighted by Crippen LogP contribution is 2.25. The molecule has 0 spiro atoms. The van der Waals surface area contributed by atoms with Gasteiger partial charge in [0.1, 0.15) is 0 Å². The molecule has 0 saturated carbocycles. The second kappa shape index (κ2) is 6.28. The summed E-state index contributed by atoms with van der Waals surface area (Å²) in [6.45, 7) is 0. The first-order chi connectivity index (χ1) is 8.86. The van der Waals surface area contributed by atoms with Crippen LogP contribution in [-0.4, -0.2) is 36.5 Å². The van der Waals surface area contributed by atoms with Crippen LogP contribution in [0.2, 0.25) is 0 Å². The van der Waals surface area contributed by atoms with Gasteiger partial charge in [-0.15, -0.1) is 0 Å². The molecule has 19 heavy (non-hydrogen) atoms. The Bertz CT molecular complexity index is 448. The number of halogens is 3. The van der Waals surface area contributed by atoms with E-state index < -0.39 is 24.3 Å². The normalized spacial score (nSPS) is 15.2. The highest BCUT2D eigenvalue weighted by molar-refractivity contribution is 5.76. The largest absolute Gasteiger partial charge is 0.467 e. The van der Waals surface area contributed by atoms with E-state index in [0.29, 0.717) is 0 Å². The van der Waals surface area contributed by atoms with E-state index in [4.69, 9.17) is 5.11 Å². The van der Waals surface area contributed by atoms with Crippen LogP contribution in [0.1, 0.15) is 0 Å². The molecule has 0 heterocycles. The highest BCUT2D eigenvalue weighted by Gasteiger charge is 2.47. The van der Waals surface area contributed by atoms with Crippen LogP contribution in [-0.2, 0) is 9.53 Å². The molecule has 0 aliphatic carbocycles. The number of alkyl halides is 3. The van der Waals surface area contributed by atoms with Gasteiger partial charge < -0.3 is 9.84 Å². The van der Waals surface area contributed by atoms with E-state index in [1.807, 2.05) is 0 Å². The lowest BCUT2D eigenvalue weighted by atomic mass is 10.1. The monoisotopic (exact) mass is 276 g/mol. The van der Waals surface area contributed by atoms with Gasteiger partial charge in [-0.25, -0.2) is 4.79 Å². The maximum atomic E-state index is 12.4. The van der Waals surface area contributed by atoms with Gasteiger partial charge in [0.2, 0.25) is 6.04 Å². The third-order valence-corrected chi connectivity index (χ3v) is 2.13. The van der Waals surface area contributed by atoms with Crippen molar-refractivity contribution in [3.8, 4) is 0 Å². The number of aliphatic hydroxyl groups excluding tert-OH is 1. The van der Waals surface area contributed by atoms with Gasteiger partial charge in [0, 0.05) is 0 Å². The summed E-state index contributed by atoms with van der Waals surface area (Å²) in [5.41, 5.74) is 0.255. The molecule has 1 aromatic carbocycles. The molecule has 5 nitrogen and oxygen atoms in total. The van der Waals surface area contributed by atoms with Crippen molar-refractivity contribution >= 4 is 11.7 Å². The number of azo groups is 1. The van der Waals surface area contributed by atoms with Crippen molar-refractivity contribution < 1.29 is 27.8 Å². The zero-order chi connectivity index (χ0) is 14.5. The fourth-order valence-corrected chi connectivity index (χ4v) is 1.16. The van der Waals surface area contributed by atoms with Crippen LogP contribution in [0.15, 0.2) is 40.6 Å². The molecule has 0 aliphatic heterocycles. The minimum atomic E-state index is -4.99. The first-order valence-corrected chi connectivity index (χ1v) is 5.14. The van der Waals surface area contributed by atoms with Crippen molar-refractivity contribution in [2.24, 2.45) is 10.2 Å². The number of esters is 1. The molecule has 0 aromatic heterocycles. The van der Waals surface area contributed by atoms with Crippen molar-refractivity contribution in [3.05, 3.63) is 30.3 Å². The number of nitrogens with zero attached hydrogens (tertiary/aromatic N) is 2. The third kappa shape index (κ3) is 4.32. The number of ether oxygens (including phenoxy) is 1. The van der Waals surface area contributed by atoms with Crippen molar-refractivity contribution in [2.45, 2.75) is 18.3 Å². The minimum absolute atomic E-state index is 0.255. The van der Waals surface area contributed by atoms with Gasteiger partial charge in [-0.3, -0.25) is 0 Å². The Morgan fingerprint density at radius 1 is 1.32 bits per heavy atom. The summed E-state index contributed by atoms with van der Waals surface area (Å²) < 4.78 is 41.3. The Morgan fingerprint density at radius 2 is 1.89 bits per heavy atom. The fraction of sp³-hybridized carbons (Fsp3) is 0.364. The lowest BCUT2D eigenvalue weighted by Gasteiger charge is -2.18. The molecule has 1 aromatic rings. The summed E-state index contributed by atoms with van der Waals surface area (Å²) in [5, 5.41) is 15.7. The summed E-state index contributed by atoms with van der Waals surface area (Å²) in [7, 11) is 0.899. The number of carbonyl (C=O) groups is 1. The van der Waals surface area contributed by atoms with Crippen LogP contribution in [0.4, 0.5) is 18.9 Å². The lowest BCUT2D eigenvalue weighted by molar-refractivity contribution is -0.213. The van der Waals surface area contributed by atoms with E-state index in [-0.39, 0.29) is 5.69 Å². The molecule has 1 N–H and O–H groups in total. The van der Waals surface area contributed by atoms with Crippen LogP contribution < -0.4 is 0 Å². The molecular formula is C11H11F3N2O3. The predicted octanol–water partition coefficient (Wildman–Crippen LogP) is 2.24. The average Bonchev–Trinajstić information content (AvgIpc) is 2.38. The van der Waals surface area contributed by atoms with E-state index in [1.165, 1.54) is 12.1 Å². The Kier molecular flexibility index (Phi) is 4.99. The average molecular weight is 276 g/mol. The van der Waals surface area contributed by atoms with Crippen molar-refractivity contribution in [1.29, 1.82) is 0 Å². The number of methoxy groups -OCH3 is 1. The Hall–Kier alpha value is -1.96. The molecule has 0 bridgehead atoms. The third-order valence-electron chi connectivity index (χ3n) is 2.13. The first kappa shape index (κ1) is 15.1. The molecule has 1 rings (SSSR count). The molecule has 0 fully saturated rings. The topological polar surface area (TPSA) is 71.2 Å². The van der Waals surface area contributed by atoms with Crippen LogP contribution in [0.25, 0.3) is 0 Å². The van der Waals surface area contributed by atoms with Crippen LogP contribution in [0.3, 0.4) is 0 Å². The quantitative estimate of drug-likeness (QED) is 0.677. The number of benzene rings is 1. The summed E-state index contributed by atoms with van der Waals surface area (Å²) in [5.74, 6) is -1.32. The molecule has 104 valence electrons. The Morgan fingerprint density at radius 3 is 2.37 bits per heavy atom. The van der Waals surface area contributed by atoms with Crippen LogP contribution in [0, 0.1) is 0 Å². The van der Waals surface area contributed by atoms with Gasteiger partial charge in [-0.1, -0.05) is 18.2 Å². The van der Waals surface area contributed by atoms with E-state index in [0.717, 1.165) is 7.11 Å². The molecule has 8 heteroatoms. The second-order valence-corrected chi connectivity index (χ2v) is 3.51. The van der Waals surface area contributed by atoms with Crippen molar-refractivity contribution in [2.75, 3.05) is 7.11 Å². The first-order valence-electron chi connectivity index (χ1n) is 5.14. The molecule has 2 atom stereocenters. The fourth-order valence-electron chi connectivity index (χ4n) is 1.16. The van der Waals surface area contributed by atoms with Gasteiger partial charge in [0.15, 0.2) is 6.10 Å². The molecule has 0 amide bonds. The van der Waals surface area contributed by atoms with Gasteiger partial charge >= 0.3 is 12.1 Å². The van der Waals surface area contributed by atoms with Gasteiger partial charge in [-0.05, 0) is 12.1 Å². The van der Waals surface area contributed by atoms with E-state index in [1.54, 1.807) is 18.2 Å². The zero-order valence-electron chi connectivity index (χ0n) is 9.83. The van der Waals surface area contributed by atoms with E-state index >= 15 is 0 Å². The standard InChI is InChI=1S/C11H11F3N2O3/c1-19-10(18)8(9(17)11(12,13)14)16-15-7-5-3-2-4-6-7/h2-6,8-9,17H,1H3/t8-,9-/m0/s1. The number of rotatable bonds is 4. The number of hydrogen-bond acceptors (Lipinski definition) is 5. The molecular weight excluding hydrogens is 265 g/mol. The summed E-state index contributed by atoms with van der Waals surface area (Å²) in [6.07, 6.45) is -7.96. The van der Waals surface area contributed by atoms with Crippen molar-refractivity contribution in [3.63, 3.8) is 0 Å². The SMILES string of the molecule is COC(=O)[C@@H](N=Nc1ccccc1)[C@H](O)C(F)(F)F. The molecule has 0 radical (unpaired) electrons. The number of aliphatic hydroxyl groups is 1. The van der Waals surface area contributed by atoms with Crippen LogP contribution in [0.5, 0.6) is 0 Å². The predicted molar refractivity (Wildman–Crippen MR) is 58.8 cm³/mol. The van der Waals surface area contributed by atoms with E-state index in [9.17, 15) is 18.0 Å². The van der Waals surface area contributed by atoms with Gasteiger partial charge in [0.25, 0.3) is 0 Å². The summed E-state index contributed by atoms with van der Waals surface area (Å²) in [4.78, 5) is 11.2. The van der Waals surface area contributed by atoms with Crippen LogP contribution >= 0.6 is 0 Å². The summed E-state index contributed by atoms with van der Waals surface area (Å²) in [6, 6.07) is 5.70. The molecule has 0 saturated heterocycles. The highest BCUT2D eigenvalue weighted by atomic mass is 19.4. The maximum Gasteiger partial charge on any atom is 0.417 e. The summed E-state index contributed by atoms with van der Waals surface area (Å²) >= 11 is 0. The lowest BCUT2D eigenvalue weighted by Crippen LogP contribution is -2.43. The minimum Gasteiger partial charge on any atom is -0.467 e. The zero-order valence-corrected chi connectivity index (χ0v) is 9.83. The smallest absolute Gasteiger partial charge is 0.417 e. The maximum absolute atomic E-state index is 12.4. The number of hydrogen-bond donors (Lipinski definition) is 1. The number of carbonyl (C=O) groups excluding carboxylic acids is 1.